The molecule has 3 rings (SSSR count). The number of aromatic nitrogens is 1. The average Bonchev–Trinajstić information content (AvgIpc) is 3.16. The van der Waals surface area contributed by atoms with Crippen molar-refractivity contribution in [3.8, 4) is 21.6 Å². The Labute approximate surface area is 157 Å². The van der Waals surface area contributed by atoms with Crippen molar-refractivity contribution in [2.75, 3.05) is 0 Å². The highest BCUT2D eigenvalue weighted by Crippen LogP contribution is 2.37. The number of nitrogens with zero attached hydrogens (tertiary/aromatic N) is 2. The lowest BCUT2D eigenvalue weighted by Gasteiger charge is -2.14. The van der Waals surface area contributed by atoms with Crippen LogP contribution >= 0.6 is 11.5 Å². The van der Waals surface area contributed by atoms with Crippen LogP contribution in [0.4, 0.5) is 5.69 Å². The molecule has 0 saturated carbocycles. The fourth-order valence-electron chi connectivity index (χ4n) is 3.43. The van der Waals surface area contributed by atoms with Gasteiger partial charge in [0.2, 0.25) is 0 Å². The molecule has 0 spiro atoms. The summed E-state index contributed by atoms with van der Waals surface area (Å²) in [5.41, 5.74) is 7.52. The van der Waals surface area contributed by atoms with E-state index in [2.05, 4.69) is 37.3 Å². The third-order valence-corrected chi connectivity index (χ3v) is 5.62. The Morgan fingerprint density at radius 1 is 0.962 bits per heavy atom. The number of non-ortho nitro benzene ring substituents is 1. The lowest BCUT2D eigenvalue weighted by Crippen LogP contribution is -1.99. The summed E-state index contributed by atoms with van der Waals surface area (Å²) >= 11 is 1.48. The minimum Gasteiger partial charge on any atom is -0.258 e. The molecule has 4 nitrogen and oxygen atoms in total. The van der Waals surface area contributed by atoms with E-state index in [1.54, 1.807) is 24.3 Å². The molecule has 0 amide bonds. The van der Waals surface area contributed by atoms with Crippen LogP contribution < -0.4 is 0 Å². The zero-order chi connectivity index (χ0) is 18.7. The molecule has 1 aromatic heterocycles. The van der Waals surface area contributed by atoms with E-state index in [1.807, 2.05) is 6.20 Å². The molecule has 0 atom stereocenters. The Bertz CT molecular complexity index is 904. The Morgan fingerprint density at radius 3 is 2.08 bits per heavy atom. The van der Waals surface area contributed by atoms with Gasteiger partial charge in [-0.15, -0.1) is 0 Å². The molecule has 3 aromatic rings. The number of benzene rings is 2. The highest BCUT2D eigenvalue weighted by molar-refractivity contribution is 7.10. The second kappa shape index (κ2) is 7.79. The van der Waals surface area contributed by atoms with Gasteiger partial charge in [-0.25, -0.2) is 0 Å². The van der Waals surface area contributed by atoms with Crippen molar-refractivity contribution >= 4 is 17.2 Å². The smallest absolute Gasteiger partial charge is 0.258 e. The molecule has 0 radical (unpaired) electrons. The first-order valence-corrected chi connectivity index (χ1v) is 9.70. The van der Waals surface area contributed by atoms with Gasteiger partial charge >= 0.3 is 0 Å². The molecule has 0 unspecified atom stereocenters. The zero-order valence-corrected chi connectivity index (χ0v) is 16.1. The lowest BCUT2D eigenvalue weighted by molar-refractivity contribution is -0.384. The number of nitro benzene ring substituents is 1. The van der Waals surface area contributed by atoms with E-state index >= 15 is 0 Å². The van der Waals surface area contributed by atoms with Crippen molar-refractivity contribution in [1.82, 2.24) is 4.37 Å². The topological polar surface area (TPSA) is 56.0 Å². The van der Waals surface area contributed by atoms with Gasteiger partial charge in [0.05, 0.1) is 9.80 Å². The van der Waals surface area contributed by atoms with Gasteiger partial charge < -0.3 is 0 Å². The first-order valence-electron chi connectivity index (χ1n) is 8.93. The minimum absolute atomic E-state index is 0.104. The molecule has 0 saturated heterocycles. The van der Waals surface area contributed by atoms with E-state index in [0.29, 0.717) is 0 Å². The quantitative estimate of drug-likeness (QED) is 0.393. The summed E-state index contributed by atoms with van der Waals surface area (Å²) in [6.07, 6.45) is 4.92. The van der Waals surface area contributed by atoms with E-state index < -0.39 is 0 Å². The fraction of sp³-hybridized carbons (Fsp3) is 0.286. The van der Waals surface area contributed by atoms with Crippen molar-refractivity contribution in [1.29, 1.82) is 0 Å². The summed E-state index contributed by atoms with van der Waals surface area (Å²) in [7, 11) is 0. The van der Waals surface area contributed by atoms with E-state index in [-0.39, 0.29) is 10.6 Å². The first kappa shape index (κ1) is 18.3. The predicted octanol–water partition coefficient (Wildman–Crippen LogP) is 6.07. The number of rotatable bonds is 6. The summed E-state index contributed by atoms with van der Waals surface area (Å²) in [5.74, 6) is 0. The Kier molecular flexibility index (Phi) is 5.47. The summed E-state index contributed by atoms with van der Waals surface area (Å²) in [4.78, 5) is 11.6. The molecule has 0 aliphatic rings. The molecule has 5 heteroatoms. The Morgan fingerprint density at radius 2 is 1.58 bits per heavy atom. The van der Waals surface area contributed by atoms with Gasteiger partial charge in [0.15, 0.2) is 0 Å². The maximum Gasteiger partial charge on any atom is 0.269 e. The van der Waals surface area contributed by atoms with Crippen molar-refractivity contribution in [2.45, 2.75) is 40.0 Å². The van der Waals surface area contributed by atoms with Gasteiger partial charge in [0.25, 0.3) is 5.69 Å². The van der Waals surface area contributed by atoms with Gasteiger partial charge in [0, 0.05) is 23.9 Å². The van der Waals surface area contributed by atoms with Crippen LogP contribution in [0, 0.1) is 10.1 Å². The van der Waals surface area contributed by atoms with Gasteiger partial charge in [-0.05, 0) is 82.9 Å². The Hall–Kier alpha value is -2.53. The van der Waals surface area contributed by atoms with Gasteiger partial charge in [-0.1, -0.05) is 20.8 Å². The van der Waals surface area contributed by atoms with Crippen LogP contribution in [0.5, 0.6) is 0 Å². The van der Waals surface area contributed by atoms with Crippen LogP contribution in [0.3, 0.4) is 0 Å². The van der Waals surface area contributed by atoms with Crippen LogP contribution in [0.1, 0.15) is 37.5 Å². The molecule has 0 aliphatic heterocycles. The van der Waals surface area contributed by atoms with E-state index in [9.17, 15) is 10.1 Å². The van der Waals surface area contributed by atoms with Crippen LogP contribution in [0.15, 0.2) is 42.6 Å². The summed E-state index contributed by atoms with van der Waals surface area (Å²) in [5, 5.41) is 10.9. The Balaban J connectivity index is 2.09. The third kappa shape index (κ3) is 3.40. The van der Waals surface area contributed by atoms with Crippen molar-refractivity contribution < 1.29 is 4.92 Å². The van der Waals surface area contributed by atoms with E-state index in [0.717, 1.165) is 35.3 Å². The minimum atomic E-state index is -0.374. The number of aryl methyl sites for hydroxylation is 2. The van der Waals surface area contributed by atoms with Gasteiger partial charge in [0.1, 0.15) is 0 Å². The van der Waals surface area contributed by atoms with Crippen molar-refractivity contribution in [3.63, 3.8) is 0 Å². The van der Waals surface area contributed by atoms with Crippen molar-refractivity contribution in [3.05, 3.63) is 69.4 Å². The van der Waals surface area contributed by atoms with Crippen LogP contribution in [0.25, 0.3) is 21.6 Å². The molecule has 26 heavy (non-hydrogen) atoms. The lowest BCUT2D eigenvalue weighted by atomic mass is 9.91. The second-order valence-electron chi connectivity index (χ2n) is 6.21. The van der Waals surface area contributed by atoms with E-state index in [4.69, 9.17) is 0 Å². The molecule has 0 bridgehead atoms. The predicted molar refractivity (Wildman–Crippen MR) is 108 cm³/mol. The highest BCUT2D eigenvalue weighted by atomic mass is 32.1. The first-order chi connectivity index (χ1) is 12.6. The van der Waals surface area contributed by atoms with Crippen LogP contribution in [-0.2, 0) is 19.3 Å². The average molecular weight is 366 g/mol. The summed E-state index contributed by atoms with van der Waals surface area (Å²) < 4.78 is 4.39. The summed E-state index contributed by atoms with van der Waals surface area (Å²) in [6.45, 7) is 6.60. The number of hydrogen-bond acceptors (Lipinski definition) is 4. The second-order valence-corrected chi connectivity index (χ2v) is 7.01. The van der Waals surface area contributed by atoms with Gasteiger partial charge in [-0.3, -0.25) is 10.1 Å². The third-order valence-electron chi connectivity index (χ3n) is 4.77. The monoisotopic (exact) mass is 366 g/mol. The van der Waals surface area contributed by atoms with Crippen molar-refractivity contribution in [2.24, 2.45) is 0 Å². The molecule has 2 aromatic carbocycles. The highest BCUT2D eigenvalue weighted by Gasteiger charge is 2.15. The summed E-state index contributed by atoms with van der Waals surface area (Å²) in [6, 6.07) is 11.2. The maximum atomic E-state index is 10.9. The number of hydrogen-bond donors (Lipinski definition) is 0. The van der Waals surface area contributed by atoms with E-state index in [1.165, 1.54) is 33.8 Å². The molecular weight excluding hydrogens is 344 g/mol. The maximum absolute atomic E-state index is 10.9. The SMILES string of the molecule is CCc1cc(-c2sncc2-c2ccc([N+](=O)[O-])cc2)cc(CC)c1CC. The normalized spacial score (nSPS) is 10.9. The molecule has 1 heterocycles. The number of nitro groups is 1. The van der Waals surface area contributed by atoms with Crippen LogP contribution in [-0.4, -0.2) is 9.30 Å². The fourth-order valence-corrected chi connectivity index (χ4v) is 4.19. The molecule has 134 valence electrons. The molecular formula is C21H22N2O2S. The molecule has 0 aliphatic carbocycles. The largest absolute Gasteiger partial charge is 0.269 e. The van der Waals surface area contributed by atoms with Crippen LogP contribution in [0.2, 0.25) is 0 Å². The van der Waals surface area contributed by atoms with Gasteiger partial charge in [-0.2, -0.15) is 4.37 Å². The molecule has 0 N–H and O–H groups in total. The standard InChI is InChI=1S/C21H22N2O2S/c1-4-14-11-17(12-15(5-2)19(14)6-3)21-20(13-22-26-21)16-7-9-18(10-8-16)23(24)25/h7-13H,4-6H2,1-3H3. The molecule has 0 fully saturated rings. The zero-order valence-electron chi connectivity index (χ0n) is 15.3.